The van der Waals surface area contributed by atoms with Gasteiger partial charge in [0.1, 0.15) is 24.5 Å². The van der Waals surface area contributed by atoms with E-state index in [-0.39, 0.29) is 11.4 Å². The predicted octanol–water partition coefficient (Wildman–Crippen LogP) is 0.0434. The number of benzene rings is 1. The molecule has 18 heavy (non-hydrogen) atoms. The Morgan fingerprint density at radius 2 is 2.11 bits per heavy atom. The average Bonchev–Trinajstić information content (AvgIpc) is 2.95. The predicted molar refractivity (Wildman–Crippen MR) is 63.4 cm³/mol. The summed E-state index contributed by atoms with van der Waals surface area (Å²) < 4.78 is 26.0. The van der Waals surface area contributed by atoms with Crippen molar-refractivity contribution >= 4 is 15.9 Å². The SMILES string of the molecule is O=S1(=O)NC(=NCc2ncn[nH]2)c2ccccc21. The van der Waals surface area contributed by atoms with E-state index in [2.05, 4.69) is 24.9 Å². The van der Waals surface area contributed by atoms with Crippen molar-refractivity contribution in [2.75, 3.05) is 0 Å². The van der Waals surface area contributed by atoms with Crippen LogP contribution in [0.3, 0.4) is 0 Å². The average molecular weight is 263 g/mol. The number of amidine groups is 1. The number of rotatable bonds is 2. The summed E-state index contributed by atoms with van der Waals surface area (Å²) in [4.78, 5) is 8.37. The fourth-order valence-corrected chi connectivity index (χ4v) is 2.96. The van der Waals surface area contributed by atoms with Gasteiger partial charge in [0.2, 0.25) is 0 Å². The van der Waals surface area contributed by atoms with Crippen LogP contribution in [0.4, 0.5) is 0 Å². The van der Waals surface area contributed by atoms with Crippen LogP contribution in [-0.2, 0) is 16.6 Å². The lowest BCUT2D eigenvalue weighted by molar-refractivity contribution is 0.595. The van der Waals surface area contributed by atoms with Crippen molar-refractivity contribution in [1.29, 1.82) is 0 Å². The molecular formula is C10H9N5O2S. The van der Waals surface area contributed by atoms with E-state index in [1.807, 2.05) is 0 Å². The monoisotopic (exact) mass is 263 g/mol. The van der Waals surface area contributed by atoms with Crippen molar-refractivity contribution in [3.05, 3.63) is 42.0 Å². The second kappa shape index (κ2) is 3.91. The third kappa shape index (κ3) is 1.76. The molecule has 0 radical (unpaired) electrons. The highest BCUT2D eigenvalue weighted by molar-refractivity contribution is 7.90. The first-order valence-electron chi connectivity index (χ1n) is 5.18. The summed E-state index contributed by atoms with van der Waals surface area (Å²) >= 11 is 0. The van der Waals surface area contributed by atoms with Gasteiger partial charge in [0.25, 0.3) is 10.0 Å². The number of aromatic amines is 1. The van der Waals surface area contributed by atoms with Crippen LogP contribution < -0.4 is 4.72 Å². The van der Waals surface area contributed by atoms with E-state index in [9.17, 15) is 8.42 Å². The topological polar surface area (TPSA) is 100 Å². The van der Waals surface area contributed by atoms with Crippen molar-refractivity contribution in [2.24, 2.45) is 4.99 Å². The Labute approximate surface area is 103 Å². The van der Waals surface area contributed by atoms with Gasteiger partial charge in [0.15, 0.2) is 0 Å². The molecule has 0 unspecified atom stereocenters. The Morgan fingerprint density at radius 3 is 2.89 bits per heavy atom. The smallest absolute Gasteiger partial charge is 0.263 e. The molecule has 1 aromatic heterocycles. The van der Waals surface area contributed by atoms with Crippen molar-refractivity contribution in [2.45, 2.75) is 11.4 Å². The Morgan fingerprint density at radius 1 is 1.28 bits per heavy atom. The van der Waals surface area contributed by atoms with E-state index < -0.39 is 10.0 Å². The van der Waals surface area contributed by atoms with Crippen LogP contribution in [0.2, 0.25) is 0 Å². The molecule has 8 heteroatoms. The summed E-state index contributed by atoms with van der Waals surface area (Å²) in [5.41, 5.74) is 0.581. The van der Waals surface area contributed by atoms with Gasteiger partial charge in [-0.05, 0) is 12.1 Å². The number of nitrogens with zero attached hydrogens (tertiary/aromatic N) is 3. The van der Waals surface area contributed by atoms with E-state index in [0.717, 1.165) is 0 Å². The standard InChI is InChI=1S/C10H9N5O2S/c16-18(17)8-4-2-1-3-7(8)10(15-18)11-5-9-12-6-13-14-9/h1-4,6H,5H2,(H,11,15)(H,12,13,14). The van der Waals surface area contributed by atoms with Gasteiger partial charge in [-0.2, -0.15) is 5.10 Å². The van der Waals surface area contributed by atoms with E-state index in [0.29, 0.717) is 17.2 Å². The molecule has 0 aliphatic carbocycles. The summed E-state index contributed by atoms with van der Waals surface area (Å²) in [5, 5.41) is 6.36. The first-order chi connectivity index (χ1) is 8.67. The van der Waals surface area contributed by atoms with Gasteiger partial charge in [-0.15, -0.1) is 0 Å². The van der Waals surface area contributed by atoms with E-state index in [1.54, 1.807) is 24.3 Å². The van der Waals surface area contributed by atoms with Crippen LogP contribution in [0, 0.1) is 0 Å². The van der Waals surface area contributed by atoms with Crippen LogP contribution in [0.15, 0.2) is 40.5 Å². The molecular weight excluding hydrogens is 254 g/mol. The fourth-order valence-electron chi connectivity index (χ4n) is 1.71. The summed E-state index contributed by atoms with van der Waals surface area (Å²) in [7, 11) is -3.47. The minimum absolute atomic E-state index is 0.242. The van der Waals surface area contributed by atoms with E-state index in [4.69, 9.17) is 0 Å². The fraction of sp³-hybridized carbons (Fsp3) is 0.100. The van der Waals surface area contributed by atoms with Crippen LogP contribution >= 0.6 is 0 Å². The molecule has 1 aromatic carbocycles. The van der Waals surface area contributed by atoms with E-state index >= 15 is 0 Å². The molecule has 3 rings (SSSR count). The van der Waals surface area contributed by atoms with Crippen molar-refractivity contribution in [1.82, 2.24) is 19.9 Å². The summed E-state index contributed by atoms with van der Waals surface area (Å²) in [5.74, 6) is 0.910. The van der Waals surface area contributed by atoms with Gasteiger partial charge < -0.3 is 0 Å². The second-order valence-electron chi connectivity index (χ2n) is 3.70. The zero-order valence-electron chi connectivity index (χ0n) is 9.16. The van der Waals surface area contributed by atoms with Gasteiger partial charge >= 0.3 is 0 Å². The van der Waals surface area contributed by atoms with Crippen LogP contribution in [-0.4, -0.2) is 29.4 Å². The van der Waals surface area contributed by atoms with Gasteiger partial charge in [0, 0.05) is 5.56 Å². The number of aromatic nitrogens is 3. The number of fused-ring (bicyclic) bond motifs is 1. The molecule has 0 fully saturated rings. The van der Waals surface area contributed by atoms with Crippen molar-refractivity contribution in [3.8, 4) is 0 Å². The van der Waals surface area contributed by atoms with Crippen LogP contribution in [0.25, 0.3) is 0 Å². The number of aliphatic imine (C=N–C) groups is 1. The lowest BCUT2D eigenvalue weighted by Crippen LogP contribution is -2.22. The maximum absolute atomic E-state index is 11.8. The molecule has 92 valence electrons. The highest BCUT2D eigenvalue weighted by atomic mass is 32.2. The lowest BCUT2D eigenvalue weighted by atomic mass is 10.2. The zero-order chi connectivity index (χ0) is 12.6. The molecule has 0 bridgehead atoms. The molecule has 0 atom stereocenters. The summed E-state index contributed by atoms with van der Waals surface area (Å²) in [6.07, 6.45) is 1.38. The second-order valence-corrected chi connectivity index (χ2v) is 5.35. The molecule has 2 heterocycles. The molecule has 2 aromatic rings. The highest BCUT2D eigenvalue weighted by Gasteiger charge is 2.29. The minimum Gasteiger partial charge on any atom is -0.263 e. The summed E-state index contributed by atoms with van der Waals surface area (Å²) in [6.45, 7) is 0.242. The molecule has 1 aliphatic rings. The van der Waals surface area contributed by atoms with Crippen LogP contribution in [0.5, 0.6) is 0 Å². The number of H-pyrrole nitrogens is 1. The Hall–Kier alpha value is -2.22. The Bertz CT molecular complexity index is 706. The van der Waals surface area contributed by atoms with Gasteiger partial charge in [-0.25, -0.2) is 13.4 Å². The molecule has 2 N–H and O–H groups in total. The minimum atomic E-state index is -3.47. The molecule has 0 saturated carbocycles. The highest BCUT2D eigenvalue weighted by Crippen LogP contribution is 2.22. The van der Waals surface area contributed by atoms with Crippen molar-refractivity contribution in [3.63, 3.8) is 0 Å². The van der Waals surface area contributed by atoms with E-state index in [1.165, 1.54) is 6.33 Å². The van der Waals surface area contributed by atoms with Gasteiger partial charge in [-0.1, -0.05) is 12.1 Å². The number of hydrogen-bond acceptors (Lipinski definition) is 5. The quantitative estimate of drug-likeness (QED) is 0.799. The first-order valence-corrected chi connectivity index (χ1v) is 6.66. The van der Waals surface area contributed by atoms with Crippen LogP contribution in [0.1, 0.15) is 11.4 Å². The largest absolute Gasteiger partial charge is 0.263 e. The first kappa shape index (κ1) is 10.9. The molecule has 0 saturated heterocycles. The Kier molecular flexibility index (Phi) is 2.37. The van der Waals surface area contributed by atoms with Gasteiger partial charge in [-0.3, -0.25) is 14.8 Å². The summed E-state index contributed by atoms with van der Waals surface area (Å²) in [6, 6.07) is 6.71. The van der Waals surface area contributed by atoms with Gasteiger partial charge in [0.05, 0.1) is 4.90 Å². The molecule has 7 nitrogen and oxygen atoms in total. The Balaban J connectivity index is 1.99. The third-order valence-electron chi connectivity index (χ3n) is 2.51. The van der Waals surface area contributed by atoms with Crippen molar-refractivity contribution < 1.29 is 8.42 Å². The lowest BCUT2D eigenvalue weighted by Gasteiger charge is -1.96. The molecule has 0 amide bonds. The zero-order valence-corrected chi connectivity index (χ0v) is 9.98. The number of nitrogens with one attached hydrogen (secondary N) is 2. The number of sulfonamides is 1. The number of hydrogen-bond donors (Lipinski definition) is 2. The maximum Gasteiger partial charge on any atom is 0.263 e. The molecule has 0 spiro atoms. The third-order valence-corrected chi connectivity index (χ3v) is 3.91. The molecule has 1 aliphatic heterocycles. The normalized spacial score (nSPS) is 18.6. The maximum atomic E-state index is 11.8.